The Morgan fingerprint density at radius 2 is 2.00 bits per heavy atom. The number of aryl methyl sites for hydroxylation is 1. The van der Waals surface area contributed by atoms with Crippen LogP contribution in [0.2, 0.25) is 0 Å². The Balaban J connectivity index is 2.95. The summed E-state index contributed by atoms with van der Waals surface area (Å²) in [6, 6.07) is 3.35. The standard InChI is InChI=1S/C14H18N2O5/c1-4-21-14(19)11(15)12(17)16-10-6-5-8(2)7-9(10)13(18)20-3/h5-7,11H,4,15H2,1-3H3,(H,16,17). The highest BCUT2D eigenvalue weighted by Gasteiger charge is 2.25. The van der Waals surface area contributed by atoms with Crippen molar-refractivity contribution in [2.45, 2.75) is 19.9 Å². The molecule has 3 N–H and O–H groups in total. The summed E-state index contributed by atoms with van der Waals surface area (Å²) >= 11 is 0. The molecule has 0 radical (unpaired) electrons. The fourth-order valence-electron chi connectivity index (χ4n) is 1.60. The first-order valence-corrected chi connectivity index (χ1v) is 6.32. The summed E-state index contributed by atoms with van der Waals surface area (Å²) in [4.78, 5) is 35.0. The molecule has 7 heteroatoms. The summed E-state index contributed by atoms with van der Waals surface area (Å²) in [5.74, 6) is -2.19. The minimum Gasteiger partial charge on any atom is -0.465 e. The lowest BCUT2D eigenvalue weighted by Crippen LogP contribution is -2.43. The molecule has 0 aliphatic heterocycles. The molecule has 114 valence electrons. The number of hydrogen-bond acceptors (Lipinski definition) is 6. The molecule has 0 bridgehead atoms. The molecule has 0 spiro atoms. The van der Waals surface area contributed by atoms with E-state index in [1.807, 2.05) is 0 Å². The number of ether oxygens (including phenoxy) is 2. The molecule has 0 aliphatic carbocycles. The summed E-state index contributed by atoms with van der Waals surface area (Å²) in [5, 5.41) is 2.43. The summed E-state index contributed by atoms with van der Waals surface area (Å²) in [6.07, 6.45) is 0. The zero-order chi connectivity index (χ0) is 16.0. The van der Waals surface area contributed by atoms with Crippen LogP contribution in [0.25, 0.3) is 0 Å². The number of methoxy groups -OCH3 is 1. The number of rotatable bonds is 5. The van der Waals surface area contributed by atoms with Gasteiger partial charge in [-0.05, 0) is 26.0 Å². The van der Waals surface area contributed by atoms with Crippen LogP contribution in [0.1, 0.15) is 22.8 Å². The maximum atomic E-state index is 11.9. The Morgan fingerprint density at radius 3 is 2.57 bits per heavy atom. The van der Waals surface area contributed by atoms with Gasteiger partial charge in [0.05, 0.1) is 25.0 Å². The van der Waals surface area contributed by atoms with Gasteiger partial charge in [-0.15, -0.1) is 0 Å². The predicted octanol–water partition coefficient (Wildman–Crippen LogP) is 0.611. The van der Waals surface area contributed by atoms with Gasteiger partial charge in [-0.3, -0.25) is 4.79 Å². The van der Waals surface area contributed by atoms with Crippen LogP contribution < -0.4 is 11.1 Å². The number of carbonyl (C=O) groups is 3. The third-order valence-electron chi connectivity index (χ3n) is 2.66. The first-order valence-electron chi connectivity index (χ1n) is 6.32. The highest BCUT2D eigenvalue weighted by molar-refractivity contribution is 6.10. The molecule has 1 rings (SSSR count). The van der Waals surface area contributed by atoms with Crippen LogP contribution in [0.3, 0.4) is 0 Å². The van der Waals surface area contributed by atoms with E-state index >= 15 is 0 Å². The predicted molar refractivity (Wildman–Crippen MR) is 75.8 cm³/mol. The molecule has 0 fully saturated rings. The molecule has 21 heavy (non-hydrogen) atoms. The van der Waals surface area contributed by atoms with Crippen LogP contribution >= 0.6 is 0 Å². The van der Waals surface area contributed by atoms with E-state index in [1.54, 1.807) is 26.0 Å². The van der Waals surface area contributed by atoms with Crippen molar-refractivity contribution >= 4 is 23.5 Å². The number of esters is 2. The number of nitrogens with two attached hydrogens (primary N) is 1. The zero-order valence-corrected chi connectivity index (χ0v) is 12.1. The van der Waals surface area contributed by atoms with Crippen LogP contribution in [0.5, 0.6) is 0 Å². The maximum absolute atomic E-state index is 11.9. The third-order valence-corrected chi connectivity index (χ3v) is 2.66. The molecule has 0 aliphatic rings. The number of amides is 1. The van der Waals surface area contributed by atoms with Crippen molar-refractivity contribution in [1.29, 1.82) is 0 Å². The van der Waals surface area contributed by atoms with Gasteiger partial charge < -0.3 is 20.5 Å². The summed E-state index contributed by atoms with van der Waals surface area (Å²) < 4.78 is 9.31. The maximum Gasteiger partial charge on any atom is 0.339 e. The average molecular weight is 294 g/mol. The van der Waals surface area contributed by atoms with E-state index in [4.69, 9.17) is 5.73 Å². The van der Waals surface area contributed by atoms with Crippen molar-refractivity contribution in [1.82, 2.24) is 0 Å². The normalized spacial score (nSPS) is 11.4. The van der Waals surface area contributed by atoms with E-state index in [0.29, 0.717) is 0 Å². The van der Waals surface area contributed by atoms with Crippen molar-refractivity contribution in [2.24, 2.45) is 5.73 Å². The van der Waals surface area contributed by atoms with Crippen LogP contribution in [0.4, 0.5) is 5.69 Å². The van der Waals surface area contributed by atoms with E-state index in [2.05, 4.69) is 14.8 Å². The van der Waals surface area contributed by atoms with E-state index in [9.17, 15) is 14.4 Å². The van der Waals surface area contributed by atoms with E-state index in [0.717, 1.165) is 5.56 Å². The Kier molecular flexibility index (Phi) is 5.86. The van der Waals surface area contributed by atoms with E-state index in [1.165, 1.54) is 13.2 Å². The molecule has 1 unspecified atom stereocenters. The number of carbonyl (C=O) groups excluding carboxylic acids is 3. The Morgan fingerprint density at radius 1 is 1.33 bits per heavy atom. The first-order chi connectivity index (χ1) is 9.90. The smallest absolute Gasteiger partial charge is 0.339 e. The molecule has 1 aromatic rings. The fraction of sp³-hybridized carbons (Fsp3) is 0.357. The summed E-state index contributed by atoms with van der Waals surface area (Å²) in [5.41, 5.74) is 6.70. The summed E-state index contributed by atoms with van der Waals surface area (Å²) in [6.45, 7) is 3.53. The van der Waals surface area contributed by atoms with Gasteiger partial charge >= 0.3 is 11.9 Å². The van der Waals surface area contributed by atoms with Gasteiger partial charge in [-0.25, -0.2) is 9.59 Å². The third kappa shape index (κ3) is 4.28. The second-order valence-corrected chi connectivity index (χ2v) is 4.26. The Hall–Kier alpha value is -2.41. The molecule has 1 aromatic carbocycles. The number of anilines is 1. The molecular weight excluding hydrogens is 276 g/mol. The van der Waals surface area contributed by atoms with Crippen LogP contribution in [-0.4, -0.2) is 37.6 Å². The molecule has 0 heterocycles. The average Bonchev–Trinajstić information content (AvgIpc) is 2.47. The van der Waals surface area contributed by atoms with Crippen LogP contribution in [0.15, 0.2) is 18.2 Å². The highest BCUT2D eigenvalue weighted by atomic mass is 16.5. The lowest BCUT2D eigenvalue weighted by atomic mass is 10.1. The van der Waals surface area contributed by atoms with Crippen LogP contribution in [-0.2, 0) is 19.1 Å². The monoisotopic (exact) mass is 294 g/mol. The van der Waals surface area contributed by atoms with Gasteiger partial charge in [0.25, 0.3) is 5.91 Å². The van der Waals surface area contributed by atoms with Gasteiger partial charge in [0.2, 0.25) is 0 Å². The first kappa shape index (κ1) is 16.6. The molecule has 0 aromatic heterocycles. The highest BCUT2D eigenvalue weighted by Crippen LogP contribution is 2.18. The number of benzene rings is 1. The largest absolute Gasteiger partial charge is 0.465 e. The van der Waals surface area contributed by atoms with Crippen molar-refractivity contribution < 1.29 is 23.9 Å². The van der Waals surface area contributed by atoms with Crippen molar-refractivity contribution in [2.75, 3.05) is 19.0 Å². The number of nitrogens with one attached hydrogen (secondary N) is 1. The van der Waals surface area contributed by atoms with Crippen LogP contribution in [0, 0.1) is 6.92 Å². The van der Waals surface area contributed by atoms with Crippen molar-refractivity contribution in [3.05, 3.63) is 29.3 Å². The zero-order valence-electron chi connectivity index (χ0n) is 12.1. The van der Waals surface area contributed by atoms with Crippen molar-refractivity contribution in [3.8, 4) is 0 Å². The molecule has 1 atom stereocenters. The quantitative estimate of drug-likeness (QED) is 0.608. The molecule has 7 nitrogen and oxygen atoms in total. The minimum absolute atomic E-state index is 0.123. The summed E-state index contributed by atoms with van der Waals surface area (Å²) in [7, 11) is 1.24. The second-order valence-electron chi connectivity index (χ2n) is 4.26. The molecule has 0 saturated heterocycles. The lowest BCUT2D eigenvalue weighted by molar-refractivity contribution is -0.146. The van der Waals surface area contributed by atoms with Gasteiger partial charge in [0.15, 0.2) is 6.04 Å². The lowest BCUT2D eigenvalue weighted by Gasteiger charge is -2.13. The van der Waals surface area contributed by atoms with Gasteiger partial charge in [0.1, 0.15) is 0 Å². The topological polar surface area (TPSA) is 108 Å². The minimum atomic E-state index is -1.46. The Bertz CT molecular complexity index is 556. The SMILES string of the molecule is CCOC(=O)C(N)C(=O)Nc1ccc(C)cc1C(=O)OC. The van der Waals surface area contributed by atoms with E-state index in [-0.39, 0.29) is 17.9 Å². The fourth-order valence-corrected chi connectivity index (χ4v) is 1.60. The molecule has 1 amide bonds. The molecule has 0 saturated carbocycles. The number of hydrogen-bond donors (Lipinski definition) is 2. The Labute approximate surface area is 122 Å². The van der Waals surface area contributed by atoms with Gasteiger partial charge in [0, 0.05) is 0 Å². The van der Waals surface area contributed by atoms with Crippen molar-refractivity contribution in [3.63, 3.8) is 0 Å². The second kappa shape index (κ2) is 7.39. The molecular formula is C14H18N2O5. The van der Waals surface area contributed by atoms with E-state index < -0.39 is 23.9 Å². The van der Waals surface area contributed by atoms with Gasteiger partial charge in [-0.2, -0.15) is 0 Å². The van der Waals surface area contributed by atoms with Gasteiger partial charge in [-0.1, -0.05) is 11.6 Å².